The molecule has 0 aromatic rings. The number of rotatable bonds is 4. The molecule has 0 bridgehead atoms. The summed E-state index contributed by atoms with van der Waals surface area (Å²) in [4.78, 5) is 15.6. The summed E-state index contributed by atoms with van der Waals surface area (Å²) < 4.78 is 36.7. The van der Waals surface area contributed by atoms with Gasteiger partial charge in [-0.15, -0.1) is 0 Å². The van der Waals surface area contributed by atoms with E-state index in [4.69, 9.17) is 0 Å². The summed E-state index contributed by atoms with van der Waals surface area (Å²) in [5.74, 6) is -0.477. The Morgan fingerprint density at radius 2 is 1.67 bits per heavy atom. The number of likely N-dealkylation sites (N-methyl/N-ethyl adjacent to an activating group) is 1. The Balaban J connectivity index is 2.42. The van der Waals surface area contributed by atoms with Crippen molar-refractivity contribution in [1.82, 2.24) is 9.80 Å². The van der Waals surface area contributed by atoms with E-state index < -0.39 is 17.5 Å². The second-order valence-electron chi connectivity index (χ2n) is 4.50. The van der Waals surface area contributed by atoms with Crippen molar-refractivity contribution in [3.63, 3.8) is 0 Å². The molecule has 0 aromatic carbocycles. The molecule has 0 aliphatic carbocycles. The van der Waals surface area contributed by atoms with Gasteiger partial charge in [0, 0.05) is 31.8 Å². The number of piperazine rings is 1. The summed E-state index contributed by atoms with van der Waals surface area (Å²) in [6.45, 7) is 7.23. The molecule has 0 N–H and O–H groups in total. The molecule has 104 valence electrons. The number of halogens is 3. The third kappa shape index (κ3) is 4.78. The zero-order valence-corrected chi connectivity index (χ0v) is 10.8. The number of allylic oxidation sites excluding steroid dienone is 1. The molecule has 0 saturated carbocycles. The first kappa shape index (κ1) is 15.2. The lowest BCUT2D eigenvalue weighted by Crippen LogP contribution is -2.47. The number of ketones is 1. The van der Waals surface area contributed by atoms with Gasteiger partial charge in [-0.1, -0.05) is 6.92 Å². The maximum Gasteiger partial charge on any atom is 0.412 e. The number of nitrogens with zero attached hydrogens (tertiary/aromatic N) is 2. The molecule has 1 aliphatic rings. The third-order valence-electron chi connectivity index (χ3n) is 3.12. The third-order valence-corrected chi connectivity index (χ3v) is 3.12. The van der Waals surface area contributed by atoms with E-state index in [1.807, 2.05) is 4.90 Å². The van der Waals surface area contributed by atoms with Crippen LogP contribution in [0.1, 0.15) is 13.8 Å². The molecule has 18 heavy (non-hydrogen) atoms. The molecule has 1 aliphatic heterocycles. The first-order valence-corrected chi connectivity index (χ1v) is 6.06. The van der Waals surface area contributed by atoms with E-state index in [-0.39, 0.29) is 6.54 Å². The highest BCUT2D eigenvalue weighted by atomic mass is 19.4. The second-order valence-corrected chi connectivity index (χ2v) is 4.50. The molecule has 0 spiro atoms. The van der Waals surface area contributed by atoms with Crippen LogP contribution >= 0.6 is 0 Å². The monoisotopic (exact) mass is 264 g/mol. The summed E-state index contributed by atoms with van der Waals surface area (Å²) in [6.07, 6.45) is -3.71. The molecule has 3 nitrogen and oxygen atoms in total. The molecule has 6 heteroatoms. The lowest BCUT2D eigenvalue weighted by molar-refractivity contribution is -0.117. The largest absolute Gasteiger partial charge is 0.412 e. The van der Waals surface area contributed by atoms with Gasteiger partial charge in [0.1, 0.15) is 0 Å². The van der Waals surface area contributed by atoms with Gasteiger partial charge in [0.2, 0.25) is 0 Å². The van der Waals surface area contributed by atoms with Crippen molar-refractivity contribution in [3.05, 3.63) is 11.6 Å². The molecule has 1 heterocycles. The minimum Gasteiger partial charge on any atom is -0.301 e. The second kappa shape index (κ2) is 6.33. The Morgan fingerprint density at radius 1 is 1.17 bits per heavy atom. The van der Waals surface area contributed by atoms with Gasteiger partial charge in [0.05, 0.1) is 6.54 Å². The van der Waals surface area contributed by atoms with E-state index in [1.165, 1.54) is 0 Å². The summed E-state index contributed by atoms with van der Waals surface area (Å²) in [6, 6.07) is 0. The topological polar surface area (TPSA) is 23.6 Å². The molecular weight excluding hydrogens is 245 g/mol. The van der Waals surface area contributed by atoms with Crippen molar-refractivity contribution in [2.75, 3.05) is 39.3 Å². The molecule has 0 atom stereocenters. The quantitative estimate of drug-likeness (QED) is 0.722. The van der Waals surface area contributed by atoms with E-state index in [9.17, 15) is 18.0 Å². The lowest BCUT2D eigenvalue weighted by atomic mass is 10.2. The van der Waals surface area contributed by atoms with Gasteiger partial charge in [0.25, 0.3) is 0 Å². The van der Waals surface area contributed by atoms with Crippen LogP contribution in [0.3, 0.4) is 0 Å². The van der Waals surface area contributed by atoms with Gasteiger partial charge in [-0.3, -0.25) is 9.69 Å². The van der Waals surface area contributed by atoms with Gasteiger partial charge in [-0.25, -0.2) is 0 Å². The van der Waals surface area contributed by atoms with Crippen molar-refractivity contribution in [3.8, 4) is 0 Å². The van der Waals surface area contributed by atoms with Crippen molar-refractivity contribution in [1.29, 1.82) is 0 Å². The van der Waals surface area contributed by atoms with Crippen molar-refractivity contribution in [2.24, 2.45) is 0 Å². The highest BCUT2D eigenvalue weighted by Crippen LogP contribution is 2.24. The zero-order chi connectivity index (χ0) is 13.8. The van der Waals surface area contributed by atoms with Gasteiger partial charge in [-0.05, 0) is 19.5 Å². The van der Waals surface area contributed by atoms with Gasteiger partial charge in [0.15, 0.2) is 5.78 Å². The van der Waals surface area contributed by atoms with Crippen LogP contribution in [-0.2, 0) is 4.79 Å². The first-order chi connectivity index (χ1) is 8.32. The predicted octanol–water partition coefficient (Wildman–Crippen LogP) is 1.70. The Hall–Kier alpha value is -0.880. The number of hydrogen-bond donors (Lipinski definition) is 0. The van der Waals surface area contributed by atoms with Crippen LogP contribution in [0.5, 0.6) is 0 Å². The van der Waals surface area contributed by atoms with Crippen molar-refractivity contribution < 1.29 is 18.0 Å². The SMILES string of the molecule is CCN1CCN(CC(=O)/C=C(/C)C(F)(F)F)CC1. The van der Waals surface area contributed by atoms with E-state index >= 15 is 0 Å². The maximum atomic E-state index is 12.2. The highest BCUT2D eigenvalue weighted by molar-refractivity contribution is 5.92. The minimum atomic E-state index is -4.41. The van der Waals surface area contributed by atoms with Crippen LogP contribution in [0.15, 0.2) is 11.6 Å². The highest BCUT2D eigenvalue weighted by Gasteiger charge is 2.30. The average Bonchev–Trinajstić information content (AvgIpc) is 2.28. The van der Waals surface area contributed by atoms with E-state index in [0.29, 0.717) is 6.08 Å². The predicted molar refractivity (Wildman–Crippen MR) is 63.4 cm³/mol. The Morgan fingerprint density at radius 3 is 2.11 bits per heavy atom. The Labute approximate surface area is 105 Å². The number of alkyl halides is 3. The summed E-state index contributed by atoms with van der Waals surface area (Å²) in [7, 11) is 0. The zero-order valence-electron chi connectivity index (χ0n) is 10.8. The van der Waals surface area contributed by atoms with Gasteiger partial charge >= 0.3 is 6.18 Å². The maximum absolute atomic E-state index is 12.2. The normalized spacial score (nSPS) is 20.2. The molecule has 0 radical (unpaired) electrons. The molecule has 0 amide bonds. The summed E-state index contributed by atoms with van der Waals surface area (Å²) >= 11 is 0. The van der Waals surface area contributed by atoms with Crippen LogP contribution in [0.25, 0.3) is 0 Å². The van der Waals surface area contributed by atoms with E-state index in [2.05, 4.69) is 11.8 Å². The number of carbonyl (C=O) groups is 1. The summed E-state index contributed by atoms with van der Waals surface area (Å²) in [5.41, 5.74) is -0.834. The Kier molecular flexibility index (Phi) is 5.34. The van der Waals surface area contributed by atoms with Crippen molar-refractivity contribution in [2.45, 2.75) is 20.0 Å². The summed E-state index contributed by atoms with van der Waals surface area (Å²) in [5, 5.41) is 0. The molecule has 0 unspecified atom stereocenters. The molecule has 1 saturated heterocycles. The molecular formula is C12H19F3N2O. The molecule has 0 aromatic heterocycles. The molecule has 1 rings (SSSR count). The van der Waals surface area contributed by atoms with Crippen LogP contribution < -0.4 is 0 Å². The molecule has 1 fully saturated rings. The first-order valence-electron chi connectivity index (χ1n) is 6.06. The van der Waals surface area contributed by atoms with Crippen LogP contribution in [0, 0.1) is 0 Å². The lowest BCUT2D eigenvalue weighted by Gasteiger charge is -2.33. The Bertz CT molecular complexity index is 318. The minimum absolute atomic E-state index is 0.0744. The van der Waals surface area contributed by atoms with E-state index in [1.54, 1.807) is 0 Å². The average molecular weight is 264 g/mol. The fraction of sp³-hybridized carbons (Fsp3) is 0.750. The standard InChI is InChI=1S/C12H19F3N2O/c1-3-16-4-6-17(7-5-16)9-11(18)8-10(2)12(13,14)15/h8H,3-7,9H2,1-2H3/b10-8-. The van der Waals surface area contributed by atoms with Crippen LogP contribution in [0.2, 0.25) is 0 Å². The van der Waals surface area contributed by atoms with E-state index in [0.717, 1.165) is 39.6 Å². The number of hydrogen-bond acceptors (Lipinski definition) is 3. The fourth-order valence-corrected chi connectivity index (χ4v) is 1.85. The smallest absolute Gasteiger partial charge is 0.301 e. The van der Waals surface area contributed by atoms with Crippen molar-refractivity contribution >= 4 is 5.78 Å². The van der Waals surface area contributed by atoms with Gasteiger partial charge in [-0.2, -0.15) is 13.2 Å². The fourth-order valence-electron chi connectivity index (χ4n) is 1.85. The van der Waals surface area contributed by atoms with Crippen LogP contribution in [0.4, 0.5) is 13.2 Å². The number of carbonyl (C=O) groups excluding carboxylic acids is 1. The van der Waals surface area contributed by atoms with Crippen LogP contribution in [-0.4, -0.2) is 61.0 Å². The van der Waals surface area contributed by atoms with Gasteiger partial charge < -0.3 is 4.90 Å².